The summed E-state index contributed by atoms with van der Waals surface area (Å²) < 4.78 is 0. The Morgan fingerprint density at radius 2 is 1.85 bits per heavy atom. The molecular weight excluding hydrogens is 256 g/mol. The lowest BCUT2D eigenvalue weighted by Gasteiger charge is -2.12. The third kappa shape index (κ3) is 3.11. The second-order valence-electron chi connectivity index (χ2n) is 4.33. The number of nitrogens with zero attached hydrogens (tertiary/aromatic N) is 1. The first-order valence-corrected chi connectivity index (χ1v) is 5.91. The van der Waals surface area contributed by atoms with E-state index in [-0.39, 0.29) is 11.5 Å². The summed E-state index contributed by atoms with van der Waals surface area (Å²) in [7, 11) is 0. The molecule has 0 saturated heterocycles. The van der Waals surface area contributed by atoms with Crippen molar-refractivity contribution in [2.45, 2.75) is 6.92 Å². The first kappa shape index (κ1) is 13.5. The molecule has 0 fully saturated rings. The molecule has 0 aromatic heterocycles. The number of primary amides is 1. The Hall–Kier alpha value is -2.89. The van der Waals surface area contributed by atoms with E-state index in [2.05, 4.69) is 10.3 Å². The highest BCUT2D eigenvalue weighted by Crippen LogP contribution is 2.18. The minimum Gasteiger partial charge on any atom is -0.399 e. The highest BCUT2D eigenvalue weighted by Gasteiger charge is 2.17. The molecule has 0 bridgehead atoms. The fourth-order valence-corrected chi connectivity index (χ4v) is 1.71. The van der Waals surface area contributed by atoms with E-state index in [4.69, 9.17) is 11.5 Å². The molecule has 6 nitrogen and oxygen atoms in total. The summed E-state index contributed by atoms with van der Waals surface area (Å²) in [4.78, 5) is 26.9. The molecule has 20 heavy (non-hydrogen) atoms. The fraction of sp³-hybridized carbons (Fsp3) is 0.0714. The minimum absolute atomic E-state index is 0.109. The molecule has 2 rings (SSSR count). The lowest BCUT2D eigenvalue weighted by molar-refractivity contribution is -0.111. The van der Waals surface area contributed by atoms with Gasteiger partial charge in [0.15, 0.2) is 0 Å². The monoisotopic (exact) mass is 270 g/mol. The van der Waals surface area contributed by atoms with Gasteiger partial charge in [0.05, 0.1) is 17.1 Å². The molecule has 1 aromatic rings. The third-order valence-electron chi connectivity index (χ3n) is 2.70. The molecule has 2 amide bonds. The molecule has 0 aliphatic heterocycles. The fourth-order valence-electron chi connectivity index (χ4n) is 1.71. The number of carbonyl (C=O) groups excluding carboxylic acids is 2. The van der Waals surface area contributed by atoms with Crippen molar-refractivity contribution in [3.8, 4) is 0 Å². The number of hydrogen-bond donors (Lipinski definition) is 3. The average molecular weight is 270 g/mol. The minimum atomic E-state index is -0.788. The number of rotatable bonds is 2. The zero-order chi connectivity index (χ0) is 14.7. The van der Waals surface area contributed by atoms with Crippen molar-refractivity contribution in [3.05, 3.63) is 47.7 Å². The van der Waals surface area contributed by atoms with Crippen LogP contribution in [-0.4, -0.2) is 17.5 Å². The number of benzene rings is 1. The topological polar surface area (TPSA) is 111 Å². The van der Waals surface area contributed by atoms with Gasteiger partial charge in [0.1, 0.15) is 0 Å². The number of hydrogen-bond acceptors (Lipinski definition) is 4. The number of anilines is 1. The lowest BCUT2D eigenvalue weighted by Crippen LogP contribution is -2.33. The first-order chi connectivity index (χ1) is 9.45. The van der Waals surface area contributed by atoms with Crippen LogP contribution in [0.1, 0.15) is 6.92 Å². The maximum atomic E-state index is 11.7. The van der Waals surface area contributed by atoms with E-state index in [1.165, 1.54) is 12.2 Å². The molecule has 5 N–H and O–H groups in total. The highest BCUT2D eigenvalue weighted by atomic mass is 16.2. The Kier molecular flexibility index (Phi) is 3.65. The number of urea groups is 1. The van der Waals surface area contributed by atoms with Gasteiger partial charge >= 0.3 is 6.03 Å². The molecule has 1 aromatic carbocycles. The lowest BCUT2D eigenvalue weighted by atomic mass is 10.0. The summed E-state index contributed by atoms with van der Waals surface area (Å²) in [5.74, 6) is -0.308. The van der Waals surface area contributed by atoms with E-state index >= 15 is 0 Å². The van der Waals surface area contributed by atoms with E-state index < -0.39 is 6.03 Å². The van der Waals surface area contributed by atoms with Crippen LogP contribution in [0.5, 0.6) is 0 Å². The summed E-state index contributed by atoms with van der Waals surface area (Å²) >= 11 is 0. The second kappa shape index (κ2) is 5.40. The highest BCUT2D eigenvalue weighted by molar-refractivity contribution is 6.22. The van der Waals surface area contributed by atoms with Gasteiger partial charge in [0.2, 0.25) is 5.78 Å². The smallest absolute Gasteiger partial charge is 0.316 e. The van der Waals surface area contributed by atoms with Gasteiger partial charge < -0.3 is 16.8 Å². The molecule has 0 unspecified atom stereocenters. The Morgan fingerprint density at radius 3 is 2.45 bits per heavy atom. The Labute approximate surface area is 115 Å². The standard InChI is InChI=1S/C14H14N4O2/c1-8-6-13(19)12(18-14(16)20)7-11(8)17-10-4-2-9(15)3-5-10/h2-7H,15H2,1H3,(H3,16,18,20). The number of allylic oxidation sites excluding steroid dienone is 3. The van der Waals surface area contributed by atoms with Crippen molar-refractivity contribution in [2.75, 3.05) is 5.73 Å². The number of nitrogen functional groups attached to an aromatic ring is 1. The van der Waals surface area contributed by atoms with Crippen LogP contribution in [0, 0.1) is 0 Å². The largest absolute Gasteiger partial charge is 0.399 e. The van der Waals surface area contributed by atoms with Crippen molar-refractivity contribution in [3.63, 3.8) is 0 Å². The molecule has 0 spiro atoms. The number of nitrogens with one attached hydrogen (secondary N) is 1. The Morgan fingerprint density at radius 1 is 1.20 bits per heavy atom. The van der Waals surface area contributed by atoms with E-state index in [9.17, 15) is 9.59 Å². The van der Waals surface area contributed by atoms with Crippen LogP contribution in [0.15, 0.2) is 52.7 Å². The van der Waals surface area contributed by atoms with Crippen molar-refractivity contribution in [1.29, 1.82) is 0 Å². The van der Waals surface area contributed by atoms with Gasteiger partial charge in [0.25, 0.3) is 0 Å². The van der Waals surface area contributed by atoms with Gasteiger partial charge in [-0.1, -0.05) is 0 Å². The molecule has 102 valence electrons. The zero-order valence-corrected chi connectivity index (χ0v) is 10.9. The van der Waals surface area contributed by atoms with E-state index in [1.807, 2.05) is 0 Å². The SMILES string of the molecule is CC1=CC(=O)C(NC(N)=O)=CC1=Nc1ccc(N)cc1. The summed E-state index contributed by atoms with van der Waals surface area (Å²) in [6, 6.07) is 6.21. The van der Waals surface area contributed by atoms with Crippen molar-refractivity contribution >= 4 is 28.9 Å². The summed E-state index contributed by atoms with van der Waals surface area (Å²) in [5, 5.41) is 2.28. The third-order valence-corrected chi connectivity index (χ3v) is 2.70. The molecular formula is C14H14N4O2. The van der Waals surface area contributed by atoms with Gasteiger partial charge in [-0.15, -0.1) is 0 Å². The summed E-state index contributed by atoms with van der Waals surface area (Å²) in [5.41, 5.74) is 13.4. The number of nitrogens with two attached hydrogens (primary N) is 2. The molecule has 1 aliphatic carbocycles. The van der Waals surface area contributed by atoms with Gasteiger partial charge in [-0.25, -0.2) is 9.79 Å². The van der Waals surface area contributed by atoms with Crippen LogP contribution >= 0.6 is 0 Å². The Bertz CT molecular complexity index is 654. The van der Waals surface area contributed by atoms with Crippen LogP contribution in [-0.2, 0) is 4.79 Å². The van der Waals surface area contributed by atoms with E-state index in [0.29, 0.717) is 22.7 Å². The number of ketones is 1. The molecule has 6 heteroatoms. The van der Waals surface area contributed by atoms with E-state index in [1.54, 1.807) is 31.2 Å². The first-order valence-electron chi connectivity index (χ1n) is 5.91. The predicted molar refractivity (Wildman–Crippen MR) is 77.5 cm³/mol. The Balaban J connectivity index is 2.36. The average Bonchev–Trinajstić information content (AvgIpc) is 2.37. The molecule has 0 heterocycles. The van der Waals surface area contributed by atoms with Gasteiger partial charge in [-0.3, -0.25) is 4.79 Å². The maximum absolute atomic E-state index is 11.7. The van der Waals surface area contributed by atoms with Crippen molar-refractivity contribution in [1.82, 2.24) is 5.32 Å². The zero-order valence-electron chi connectivity index (χ0n) is 10.9. The summed E-state index contributed by atoms with van der Waals surface area (Å²) in [6.07, 6.45) is 2.90. The molecule has 0 atom stereocenters. The van der Waals surface area contributed by atoms with Crippen LogP contribution in [0.3, 0.4) is 0 Å². The van der Waals surface area contributed by atoms with Gasteiger partial charge in [-0.05, 0) is 48.9 Å². The quantitative estimate of drug-likeness (QED) is 0.558. The molecule has 0 radical (unpaired) electrons. The summed E-state index contributed by atoms with van der Waals surface area (Å²) in [6.45, 7) is 1.77. The second-order valence-corrected chi connectivity index (χ2v) is 4.33. The normalized spacial score (nSPS) is 16.6. The van der Waals surface area contributed by atoms with Crippen molar-refractivity contribution < 1.29 is 9.59 Å². The predicted octanol–water partition coefficient (Wildman–Crippen LogP) is 1.42. The van der Waals surface area contributed by atoms with Crippen LogP contribution in [0.25, 0.3) is 0 Å². The van der Waals surface area contributed by atoms with Gasteiger partial charge in [0, 0.05) is 5.69 Å². The molecule has 1 aliphatic rings. The van der Waals surface area contributed by atoms with Crippen molar-refractivity contribution in [2.24, 2.45) is 10.7 Å². The van der Waals surface area contributed by atoms with Crippen LogP contribution in [0.2, 0.25) is 0 Å². The number of amides is 2. The number of carbonyl (C=O) groups is 2. The van der Waals surface area contributed by atoms with Crippen LogP contribution < -0.4 is 16.8 Å². The number of aliphatic imine (C=N–C) groups is 1. The molecule has 0 saturated carbocycles. The van der Waals surface area contributed by atoms with E-state index in [0.717, 1.165) is 0 Å². The van der Waals surface area contributed by atoms with Crippen LogP contribution in [0.4, 0.5) is 16.2 Å². The maximum Gasteiger partial charge on any atom is 0.316 e. The van der Waals surface area contributed by atoms with Gasteiger partial charge in [-0.2, -0.15) is 0 Å².